The lowest BCUT2D eigenvalue weighted by molar-refractivity contribution is 0.0994. The average Bonchev–Trinajstić information content (AvgIpc) is 2.34. The van der Waals surface area contributed by atoms with Crippen molar-refractivity contribution in [3.8, 4) is 0 Å². The maximum Gasteiger partial charge on any atom is 0.163 e. The molecule has 0 bridgehead atoms. The Bertz CT molecular complexity index is 281. The molecule has 0 fully saturated rings. The molecule has 0 spiro atoms. The number of benzene rings is 1. The molecule has 2 rings (SSSR count). The Morgan fingerprint density at radius 1 is 1.09 bits per heavy atom. The van der Waals surface area contributed by atoms with Gasteiger partial charge in [-0.25, -0.2) is 0 Å². The van der Waals surface area contributed by atoms with Crippen LogP contribution in [0.4, 0.5) is 0 Å². The van der Waals surface area contributed by atoms with Crippen LogP contribution < -0.4 is 0 Å². The summed E-state index contributed by atoms with van der Waals surface area (Å²) < 4.78 is 0. The van der Waals surface area contributed by atoms with Crippen molar-refractivity contribution in [2.45, 2.75) is 12.8 Å². The zero-order valence-corrected chi connectivity index (χ0v) is 7.75. The van der Waals surface area contributed by atoms with Gasteiger partial charge in [0.1, 0.15) is 0 Å². The summed E-state index contributed by atoms with van der Waals surface area (Å²) in [7, 11) is 0. The van der Waals surface area contributed by atoms with Gasteiger partial charge in [-0.2, -0.15) is 0 Å². The lowest BCUT2D eigenvalue weighted by atomic mass is 10.1. The third-order valence-electron chi connectivity index (χ3n) is 1.94. The molecular weight excluding hydrogens is 204 g/mol. The number of halogens is 1. The minimum absolute atomic E-state index is 0. The molecule has 0 aliphatic heterocycles. The highest BCUT2D eigenvalue weighted by atomic mass is 79.9. The van der Waals surface area contributed by atoms with E-state index < -0.39 is 0 Å². The fourth-order valence-electron chi connectivity index (χ4n) is 1.39. The molecule has 0 atom stereocenters. The molecule has 0 aromatic heterocycles. The van der Waals surface area contributed by atoms with E-state index in [1.165, 1.54) is 5.56 Å². The van der Waals surface area contributed by atoms with Crippen LogP contribution in [0.15, 0.2) is 24.3 Å². The van der Waals surface area contributed by atoms with Gasteiger partial charge < -0.3 is 0 Å². The number of ketones is 1. The van der Waals surface area contributed by atoms with Crippen LogP contribution in [0.1, 0.15) is 22.3 Å². The predicted octanol–water partition coefficient (Wildman–Crippen LogP) is 2.39. The minimum Gasteiger partial charge on any atom is -0.294 e. The van der Waals surface area contributed by atoms with E-state index in [9.17, 15) is 4.79 Å². The van der Waals surface area contributed by atoms with E-state index in [-0.39, 0.29) is 17.0 Å². The third kappa shape index (κ3) is 1.36. The van der Waals surface area contributed by atoms with Crippen LogP contribution in [0, 0.1) is 0 Å². The normalized spacial score (nSPS) is 14.0. The fourth-order valence-corrected chi connectivity index (χ4v) is 1.39. The van der Waals surface area contributed by atoms with E-state index in [1.807, 2.05) is 24.3 Å². The second-order valence-electron chi connectivity index (χ2n) is 2.58. The van der Waals surface area contributed by atoms with E-state index >= 15 is 0 Å². The molecule has 1 nitrogen and oxygen atoms in total. The van der Waals surface area contributed by atoms with Crippen molar-refractivity contribution in [2.24, 2.45) is 0 Å². The number of rotatable bonds is 0. The lowest BCUT2D eigenvalue weighted by Crippen LogP contribution is -1.88. The van der Waals surface area contributed by atoms with Crippen LogP contribution >= 0.6 is 17.0 Å². The second kappa shape index (κ2) is 3.18. The van der Waals surface area contributed by atoms with E-state index in [4.69, 9.17) is 0 Å². The molecule has 0 radical (unpaired) electrons. The molecule has 0 heterocycles. The smallest absolute Gasteiger partial charge is 0.163 e. The van der Waals surface area contributed by atoms with Crippen molar-refractivity contribution in [1.29, 1.82) is 0 Å². The number of carbonyl (C=O) groups is 1. The molecule has 11 heavy (non-hydrogen) atoms. The van der Waals surface area contributed by atoms with Gasteiger partial charge in [-0.3, -0.25) is 4.79 Å². The SMILES string of the molecule is Br.O=C1CCc2ccccc21. The van der Waals surface area contributed by atoms with Gasteiger partial charge in [0.15, 0.2) is 5.78 Å². The number of carbonyl (C=O) groups excluding carboxylic acids is 1. The van der Waals surface area contributed by atoms with Crippen LogP contribution in [0.2, 0.25) is 0 Å². The molecule has 58 valence electrons. The summed E-state index contributed by atoms with van der Waals surface area (Å²) in [6.45, 7) is 0. The summed E-state index contributed by atoms with van der Waals surface area (Å²) in [4.78, 5) is 11.1. The highest BCUT2D eigenvalue weighted by Crippen LogP contribution is 2.20. The van der Waals surface area contributed by atoms with E-state index in [0.29, 0.717) is 12.2 Å². The quantitative estimate of drug-likeness (QED) is 0.646. The fraction of sp³-hybridized carbons (Fsp3) is 0.222. The van der Waals surface area contributed by atoms with E-state index in [2.05, 4.69) is 0 Å². The highest BCUT2D eigenvalue weighted by Gasteiger charge is 2.17. The summed E-state index contributed by atoms with van der Waals surface area (Å²) in [5.41, 5.74) is 2.15. The maximum atomic E-state index is 11.1. The monoisotopic (exact) mass is 212 g/mol. The maximum absolute atomic E-state index is 11.1. The summed E-state index contributed by atoms with van der Waals surface area (Å²) in [5.74, 6) is 0.301. The van der Waals surface area contributed by atoms with Crippen molar-refractivity contribution < 1.29 is 4.79 Å². The van der Waals surface area contributed by atoms with Crippen LogP contribution in [-0.2, 0) is 6.42 Å². The number of fused-ring (bicyclic) bond motifs is 1. The average molecular weight is 213 g/mol. The minimum atomic E-state index is 0. The molecule has 0 unspecified atom stereocenters. The van der Waals surface area contributed by atoms with Crippen molar-refractivity contribution in [2.75, 3.05) is 0 Å². The van der Waals surface area contributed by atoms with Gasteiger partial charge in [0.05, 0.1) is 0 Å². The van der Waals surface area contributed by atoms with Crippen LogP contribution in [0.3, 0.4) is 0 Å². The molecule has 0 saturated heterocycles. The lowest BCUT2D eigenvalue weighted by Gasteiger charge is -1.92. The summed E-state index contributed by atoms with van der Waals surface area (Å²) >= 11 is 0. The Kier molecular flexibility index (Phi) is 2.45. The van der Waals surface area contributed by atoms with Crippen molar-refractivity contribution in [3.05, 3.63) is 35.4 Å². The largest absolute Gasteiger partial charge is 0.294 e. The standard InChI is InChI=1S/C9H8O.BrH/c10-9-6-5-7-3-1-2-4-8(7)9;/h1-4H,5-6H2;1H. The molecule has 1 aromatic rings. The summed E-state index contributed by atoms with van der Waals surface area (Å²) in [5, 5.41) is 0. The van der Waals surface area contributed by atoms with Crippen LogP contribution in [0.5, 0.6) is 0 Å². The zero-order chi connectivity index (χ0) is 6.97. The number of hydrogen-bond acceptors (Lipinski definition) is 1. The first-order valence-corrected chi connectivity index (χ1v) is 3.49. The Balaban J connectivity index is 0.000000605. The van der Waals surface area contributed by atoms with E-state index in [1.54, 1.807) is 0 Å². The first-order chi connectivity index (χ1) is 4.88. The summed E-state index contributed by atoms with van der Waals surface area (Å²) in [6, 6.07) is 7.84. The van der Waals surface area contributed by atoms with Crippen molar-refractivity contribution >= 4 is 22.8 Å². The molecule has 1 aliphatic rings. The molecule has 0 N–H and O–H groups in total. The molecule has 2 heteroatoms. The Morgan fingerprint density at radius 3 is 2.55 bits per heavy atom. The Morgan fingerprint density at radius 2 is 1.82 bits per heavy atom. The van der Waals surface area contributed by atoms with Gasteiger partial charge in [0.2, 0.25) is 0 Å². The topological polar surface area (TPSA) is 17.1 Å². The van der Waals surface area contributed by atoms with Gasteiger partial charge in [-0.15, -0.1) is 17.0 Å². The molecule has 0 amide bonds. The molecular formula is C9H9BrO. The van der Waals surface area contributed by atoms with Crippen molar-refractivity contribution in [3.63, 3.8) is 0 Å². The van der Waals surface area contributed by atoms with Gasteiger partial charge in [-0.05, 0) is 12.0 Å². The van der Waals surface area contributed by atoms with Crippen LogP contribution in [-0.4, -0.2) is 5.78 Å². The van der Waals surface area contributed by atoms with Crippen molar-refractivity contribution in [1.82, 2.24) is 0 Å². The van der Waals surface area contributed by atoms with Crippen LogP contribution in [0.25, 0.3) is 0 Å². The van der Waals surface area contributed by atoms with Gasteiger partial charge in [-0.1, -0.05) is 24.3 Å². The highest BCUT2D eigenvalue weighted by molar-refractivity contribution is 8.93. The third-order valence-corrected chi connectivity index (χ3v) is 1.94. The van der Waals surface area contributed by atoms with Gasteiger partial charge in [0, 0.05) is 12.0 Å². The molecule has 0 saturated carbocycles. The first kappa shape index (κ1) is 8.47. The van der Waals surface area contributed by atoms with Gasteiger partial charge in [0.25, 0.3) is 0 Å². The Hall–Kier alpha value is -0.630. The Labute approximate surface area is 76.2 Å². The zero-order valence-electron chi connectivity index (χ0n) is 6.04. The predicted molar refractivity (Wildman–Crippen MR) is 49.4 cm³/mol. The number of aryl methyl sites for hydroxylation is 1. The first-order valence-electron chi connectivity index (χ1n) is 3.49. The number of Topliss-reactive ketones (excluding diaryl/α,β-unsaturated/α-hetero) is 1. The van der Waals surface area contributed by atoms with E-state index in [0.717, 1.165) is 12.0 Å². The molecule has 1 aromatic carbocycles. The second-order valence-corrected chi connectivity index (χ2v) is 2.58. The molecule has 1 aliphatic carbocycles. The van der Waals surface area contributed by atoms with Gasteiger partial charge >= 0.3 is 0 Å². The summed E-state index contributed by atoms with van der Waals surface area (Å²) in [6.07, 6.45) is 1.65. The number of hydrogen-bond donors (Lipinski definition) is 0.